The van der Waals surface area contributed by atoms with Gasteiger partial charge in [0.1, 0.15) is 11.3 Å². The molecule has 1 amide bonds. The topological polar surface area (TPSA) is 38.3 Å². The lowest BCUT2D eigenvalue weighted by atomic mass is 10.1. The Bertz CT molecular complexity index is 355. The number of ether oxygens (including phenoxy) is 1. The zero-order valence-electron chi connectivity index (χ0n) is 9.50. The monoisotopic (exact) mass is 285 g/mol. The van der Waals surface area contributed by atoms with Crippen molar-refractivity contribution in [2.75, 3.05) is 5.52 Å². The minimum absolute atomic E-state index is 0.0918. The molecule has 0 spiro atoms. The van der Waals surface area contributed by atoms with E-state index in [0.29, 0.717) is 16.8 Å². The van der Waals surface area contributed by atoms with E-state index >= 15 is 0 Å². The number of rotatable bonds is 5. The van der Waals surface area contributed by atoms with E-state index in [1.807, 2.05) is 26.0 Å². The van der Waals surface area contributed by atoms with Gasteiger partial charge in [-0.3, -0.25) is 4.79 Å². The molecule has 0 saturated carbocycles. The van der Waals surface area contributed by atoms with Crippen molar-refractivity contribution in [3.8, 4) is 5.75 Å². The fourth-order valence-corrected chi connectivity index (χ4v) is 1.49. The maximum atomic E-state index is 11.9. The summed E-state index contributed by atoms with van der Waals surface area (Å²) >= 11 is 3.18. The van der Waals surface area contributed by atoms with Crippen LogP contribution in [0.15, 0.2) is 24.3 Å². The molecule has 1 aromatic carbocycles. The predicted octanol–water partition coefficient (Wildman–Crippen LogP) is 2.95. The van der Waals surface area contributed by atoms with Gasteiger partial charge >= 0.3 is 0 Å². The molecule has 0 aliphatic carbocycles. The number of para-hydroxylation sites is 1. The molecule has 1 aromatic rings. The van der Waals surface area contributed by atoms with Crippen LogP contribution < -0.4 is 10.1 Å². The molecule has 4 heteroatoms. The standard InChI is InChI=1S/C12H16BrNO2/c1-3-9(2)14-12(15)10-6-4-5-7-11(10)16-8-13/h4-7,9H,3,8H2,1-2H3,(H,14,15). The van der Waals surface area contributed by atoms with E-state index in [1.165, 1.54) is 0 Å². The molecule has 0 fully saturated rings. The van der Waals surface area contributed by atoms with Crippen LogP contribution in [0.1, 0.15) is 30.6 Å². The molecule has 1 rings (SSSR count). The van der Waals surface area contributed by atoms with E-state index < -0.39 is 0 Å². The average molecular weight is 286 g/mol. The van der Waals surface area contributed by atoms with Gasteiger partial charge in [0.15, 0.2) is 0 Å². The van der Waals surface area contributed by atoms with E-state index in [-0.39, 0.29) is 11.9 Å². The quantitative estimate of drug-likeness (QED) is 0.845. The van der Waals surface area contributed by atoms with Crippen LogP contribution in [0, 0.1) is 0 Å². The highest BCUT2D eigenvalue weighted by Gasteiger charge is 2.13. The summed E-state index contributed by atoms with van der Waals surface area (Å²) in [6, 6.07) is 7.39. The Morgan fingerprint density at radius 2 is 2.19 bits per heavy atom. The normalized spacial score (nSPS) is 11.9. The number of benzene rings is 1. The van der Waals surface area contributed by atoms with Crippen LogP contribution in [0.2, 0.25) is 0 Å². The number of amides is 1. The van der Waals surface area contributed by atoms with Crippen LogP contribution in [0.5, 0.6) is 5.75 Å². The van der Waals surface area contributed by atoms with Gasteiger partial charge in [-0.15, -0.1) is 0 Å². The molecule has 0 radical (unpaired) electrons. The summed E-state index contributed by atoms with van der Waals surface area (Å²) in [5.74, 6) is 0.506. The molecule has 0 aromatic heterocycles. The fourth-order valence-electron chi connectivity index (χ4n) is 1.24. The van der Waals surface area contributed by atoms with Crippen molar-refractivity contribution >= 4 is 21.8 Å². The lowest BCUT2D eigenvalue weighted by molar-refractivity contribution is 0.0936. The first-order valence-corrected chi connectivity index (χ1v) is 6.39. The highest BCUT2D eigenvalue weighted by molar-refractivity contribution is 9.09. The molecule has 1 atom stereocenters. The third kappa shape index (κ3) is 3.52. The Labute approximate surface area is 104 Å². The van der Waals surface area contributed by atoms with Gasteiger partial charge in [-0.1, -0.05) is 19.1 Å². The molecule has 0 saturated heterocycles. The van der Waals surface area contributed by atoms with Crippen LogP contribution in [0.4, 0.5) is 0 Å². The highest BCUT2D eigenvalue weighted by Crippen LogP contribution is 2.18. The summed E-state index contributed by atoms with van der Waals surface area (Å²) in [5.41, 5.74) is 0.947. The number of nitrogens with one attached hydrogen (secondary N) is 1. The Morgan fingerprint density at radius 1 is 1.50 bits per heavy atom. The molecule has 0 heterocycles. The Hall–Kier alpha value is -1.03. The Balaban J connectivity index is 2.81. The zero-order chi connectivity index (χ0) is 12.0. The van der Waals surface area contributed by atoms with Crippen molar-refractivity contribution in [2.45, 2.75) is 26.3 Å². The molecule has 0 aliphatic heterocycles. The minimum atomic E-state index is -0.0918. The summed E-state index contributed by atoms with van der Waals surface area (Å²) in [6.45, 7) is 4.01. The van der Waals surface area contributed by atoms with E-state index in [4.69, 9.17) is 4.74 Å². The largest absolute Gasteiger partial charge is 0.482 e. The predicted molar refractivity (Wildman–Crippen MR) is 68.1 cm³/mol. The third-order valence-corrected chi connectivity index (χ3v) is 2.56. The molecule has 16 heavy (non-hydrogen) atoms. The van der Waals surface area contributed by atoms with Gasteiger partial charge in [-0.05, 0) is 41.4 Å². The van der Waals surface area contributed by atoms with Gasteiger partial charge in [-0.2, -0.15) is 0 Å². The van der Waals surface area contributed by atoms with Gasteiger partial charge in [-0.25, -0.2) is 0 Å². The van der Waals surface area contributed by atoms with Crippen LogP contribution in [-0.2, 0) is 0 Å². The van der Waals surface area contributed by atoms with E-state index in [9.17, 15) is 4.79 Å². The van der Waals surface area contributed by atoms with Crippen molar-refractivity contribution in [3.05, 3.63) is 29.8 Å². The van der Waals surface area contributed by atoms with E-state index in [1.54, 1.807) is 12.1 Å². The SMILES string of the molecule is CCC(C)NC(=O)c1ccccc1OCBr. The molecular formula is C12H16BrNO2. The molecule has 1 unspecified atom stereocenters. The van der Waals surface area contributed by atoms with Crippen molar-refractivity contribution in [3.63, 3.8) is 0 Å². The Kier molecular flexibility index (Phi) is 5.32. The van der Waals surface area contributed by atoms with Crippen LogP contribution in [-0.4, -0.2) is 17.5 Å². The van der Waals surface area contributed by atoms with Gasteiger partial charge in [0.25, 0.3) is 5.91 Å². The van der Waals surface area contributed by atoms with Crippen molar-refractivity contribution in [1.82, 2.24) is 5.32 Å². The molecule has 88 valence electrons. The van der Waals surface area contributed by atoms with Crippen LogP contribution in [0.3, 0.4) is 0 Å². The van der Waals surface area contributed by atoms with Crippen molar-refractivity contribution in [2.24, 2.45) is 0 Å². The maximum absolute atomic E-state index is 11.9. The first kappa shape index (κ1) is 13.0. The van der Waals surface area contributed by atoms with Gasteiger partial charge < -0.3 is 10.1 Å². The summed E-state index contributed by atoms with van der Waals surface area (Å²) < 4.78 is 5.33. The number of carbonyl (C=O) groups excluding carboxylic acids is 1. The minimum Gasteiger partial charge on any atom is -0.482 e. The van der Waals surface area contributed by atoms with Crippen LogP contribution in [0.25, 0.3) is 0 Å². The van der Waals surface area contributed by atoms with E-state index in [0.717, 1.165) is 6.42 Å². The first-order chi connectivity index (χ1) is 7.69. The van der Waals surface area contributed by atoms with Crippen molar-refractivity contribution in [1.29, 1.82) is 0 Å². The number of carbonyl (C=O) groups is 1. The summed E-state index contributed by atoms with van der Waals surface area (Å²) in [5, 5.41) is 2.91. The van der Waals surface area contributed by atoms with Gasteiger partial charge in [0.2, 0.25) is 0 Å². The van der Waals surface area contributed by atoms with E-state index in [2.05, 4.69) is 21.2 Å². The number of halogens is 1. The lowest BCUT2D eigenvalue weighted by Gasteiger charge is -2.13. The molecular weight excluding hydrogens is 270 g/mol. The first-order valence-electron chi connectivity index (χ1n) is 5.27. The lowest BCUT2D eigenvalue weighted by Crippen LogP contribution is -2.32. The van der Waals surface area contributed by atoms with Gasteiger partial charge in [0.05, 0.1) is 5.56 Å². The molecule has 0 bridgehead atoms. The molecule has 3 nitrogen and oxygen atoms in total. The second-order valence-electron chi connectivity index (χ2n) is 3.53. The average Bonchev–Trinajstić information content (AvgIpc) is 2.30. The Morgan fingerprint density at radius 3 is 2.81 bits per heavy atom. The molecule has 0 aliphatic rings. The number of hydrogen-bond acceptors (Lipinski definition) is 2. The number of hydrogen-bond donors (Lipinski definition) is 1. The van der Waals surface area contributed by atoms with Crippen molar-refractivity contribution < 1.29 is 9.53 Å². The highest BCUT2D eigenvalue weighted by atomic mass is 79.9. The smallest absolute Gasteiger partial charge is 0.255 e. The second-order valence-corrected chi connectivity index (χ2v) is 3.99. The second kappa shape index (κ2) is 6.53. The number of alkyl halides is 1. The van der Waals surface area contributed by atoms with Crippen LogP contribution >= 0.6 is 15.9 Å². The summed E-state index contributed by atoms with van der Waals surface area (Å²) in [6.07, 6.45) is 0.910. The maximum Gasteiger partial charge on any atom is 0.255 e. The molecule has 1 N–H and O–H groups in total. The summed E-state index contributed by atoms with van der Waals surface area (Å²) in [4.78, 5) is 11.9. The van der Waals surface area contributed by atoms with Gasteiger partial charge in [0, 0.05) is 6.04 Å². The zero-order valence-corrected chi connectivity index (χ0v) is 11.1. The fraction of sp³-hybridized carbons (Fsp3) is 0.417. The summed E-state index contributed by atoms with van der Waals surface area (Å²) in [7, 11) is 0. The third-order valence-electron chi connectivity index (χ3n) is 2.33.